The fourth-order valence-electron chi connectivity index (χ4n) is 3.17. The first-order chi connectivity index (χ1) is 13.1. The third-order valence-corrected chi connectivity index (χ3v) is 4.87. The molecule has 6 heteroatoms. The molecule has 0 spiro atoms. The Morgan fingerprint density at radius 1 is 1.07 bits per heavy atom. The van der Waals surface area contributed by atoms with Crippen LogP contribution in [0.2, 0.25) is 5.02 Å². The molecule has 3 aromatic rings. The summed E-state index contributed by atoms with van der Waals surface area (Å²) in [6.07, 6.45) is 0. The zero-order chi connectivity index (χ0) is 18.8. The fraction of sp³-hybridized carbons (Fsp3) is 0.0952. The number of nitrogens with one attached hydrogen (secondary N) is 1. The number of benzene rings is 3. The molecule has 0 fully saturated rings. The molecular formula is C21H17BClNO3. The van der Waals surface area contributed by atoms with Crippen LogP contribution in [0.1, 0.15) is 15.9 Å². The van der Waals surface area contributed by atoms with Crippen molar-refractivity contribution in [3.8, 4) is 5.75 Å². The first-order valence-corrected chi connectivity index (χ1v) is 8.97. The summed E-state index contributed by atoms with van der Waals surface area (Å²) in [4.78, 5) is 12.5. The summed E-state index contributed by atoms with van der Waals surface area (Å²) in [5, 5.41) is 3.64. The van der Waals surface area contributed by atoms with Crippen molar-refractivity contribution >= 4 is 41.0 Å². The van der Waals surface area contributed by atoms with Gasteiger partial charge in [0, 0.05) is 16.3 Å². The van der Waals surface area contributed by atoms with Crippen molar-refractivity contribution in [1.82, 2.24) is 0 Å². The van der Waals surface area contributed by atoms with Crippen molar-refractivity contribution in [2.45, 2.75) is 6.61 Å². The van der Waals surface area contributed by atoms with E-state index in [2.05, 4.69) is 5.32 Å². The molecule has 0 saturated heterocycles. The minimum absolute atomic E-state index is 0.157. The Morgan fingerprint density at radius 3 is 2.52 bits per heavy atom. The van der Waals surface area contributed by atoms with Gasteiger partial charge in [0.25, 0.3) is 5.91 Å². The average molecular weight is 378 g/mol. The van der Waals surface area contributed by atoms with Crippen molar-refractivity contribution < 1.29 is 14.2 Å². The smallest absolute Gasteiger partial charge is 0.362 e. The van der Waals surface area contributed by atoms with Crippen LogP contribution in [0, 0.1) is 0 Å². The van der Waals surface area contributed by atoms with Gasteiger partial charge in [-0.2, -0.15) is 0 Å². The normalized spacial score (nSPS) is 12.6. The summed E-state index contributed by atoms with van der Waals surface area (Å²) in [6.45, 7) is 0.394. The second-order valence-electron chi connectivity index (χ2n) is 6.34. The molecule has 0 atom stereocenters. The van der Waals surface area contributed by atoms with Crippen molar-refractivity contribution in [2.75, 3.05) is 12.4 Å². The molecule has 1 aliphatic heterocycles. The molecule has 1 heterocycles. The van der Waals surface area contributed by atoms with Crippen molar-refractivity contribution in [3.63, 3.8) is 0 Å². The zero-order valence-electron chi connectivity index (χ0n) is 14.7. The summed E-state index contributed by atoms with van der Waals surface area (Å²) in [7, 11) is 1.60. The topological polar surface area (TPSA) is 47.6 Å². The lowest BCUT2D eigenvalue weighted by atomic mass is 9.56. The lowest BCUT2D eigenvalue weighted by Crippen LogP contribution is -2.41. The summed E-state index contributed by atoms with van der Waals surface area (Å²) in [6, 6.07) is 20.5. The zero-order valence-corrected chi connectivity index (χ0v) is 15.5. The maximum absolute atomic E-state index is 12.5. The van der Waals surface area contributed by atoms with Gasteiger partial charge in [0.1, 0.15) is 5.75 Å². The van der Waals surface area contributed by atoms with E-state index in [0.29, 0.717) is 22.9 Å². The van der Waals surface area contributed by atoms with Crippen LogP contribution in [0.25, 0.3) is 0 Å². The second-order valence-corrected chi connectivity index (χ2v) is 6.78. The molecule has 3 aromatic carbocycles. The first kappa shape index (κ1) is 17.6. The highest BCUT2D eigenvalue weighted by Crippen LogP contribution is 2.18. The molecule has 0 unspecified atom stereocenters. The number of carbonyl (C=O) groups is 1. The van der Waals surface area contributed by atoms with Gasteiger partial charge in [-0.25, -0.2) is 0 Å². The molecule has 0 radical (unpaired) electrons. The highest BCUT2D eigenvalue weighted by atomic mass is 35.5. The van der Waals surface area contributed by atoms with Crippen molar-refractivity contribution in [3.05, 3.63) is 82.9 Å². The second kappa shape index (κ2) is 7.47. The van der Waals surface area contributed by atoms with Gasteiger partial charge in [0.05, 0.1) is 13.7 Å². The molecule has 0 aliphatic carbocycles. The van der Waals surface area contributed by atoms with Crippen LogP contribution in [0.3, 0.4) is 0 Å². The number of rotatable bonds is 4. The van der Waals surface area contributed by atoms with Gasteiger partial charge in [-0.3, -0.25) is 4.79 Å². The molecule has 134 valence electrons. The number of carbonyl (C=O) groups excluding carboxylic acids is 1. The van der Waals surface area contributed by atoms with E-state index >= 15 is 0 Å². The van der Waals surface area contributed by atoms with Gasteiger partial charge >= 0.3 is 6.92 Å². The maximum Gasteiger partial charge on any atom is 0.362 e. The molecule has 0 bridgehead atoms. The Morgan fingerprint density at radius 2 is 1.81 bits per heavy atom. The summed E-state index contributed by atoms with van der Waals surface area (Å²) in [5.74, 6) is 0.548. The quantitative estimate of drug-likeness (QED) is 0.710. The minimum Gasteiger partial charge on any atom is -0.497 e. The van der Waals surface area contributed by atoms with E-state index in [0.717, 1.165) is 22.2 Å². The van der Waals surface area contributed by atoms with Gasteiger partial charge in [-0.15, -0.1) is 0 Å². The summed E-state index contributed by atoms with van der Waals surface area (Å²) < 4.78 is 11.1. The van der Waals surface area contributed by atoms with E-state index in [1.165, 1.54) is 0 Å². The van der Waals surface area contributed by atoms with E-state index in [4.69, 9.17) is 21.0 Å². The van der Waals surface area contributed by atoms with E-state index in [1.54, 1.807) is 31.4 Å². The Bertz CT molecular complexity index is 974. The summed E-state index contributed by atoms with van der Waals surface area (Å²) >= 11 is 5.98. The van der Waals surface area contributed by atoms with Gasteiger partial charge in [0.2, 0.25) is 0 Å². The molecule has 1 aliphatic rings. The van der Waals surface area contributed by atoms with Crippen LogP contribution in [0.4, 0.5) is 5.69 Å². The molecule has 27 heavy (non-hydrogen) atoms. The Balaban J connectivity index is 1.56. The molecule has 1 amide bonds. The highest BCUT2D eigenvalue weighted by Gasteiger charge is 2.30. The van der Waals surface area contributed by atoms with E-state index < -0.39 is 0 Å². The number of fused-ring (bicyclic) bond motifs is 1. The van der Waals surface area contributed by atoms with Crippen LogP contribution >= 0.6 is 11.6 Å². The van der Waals surface area contributed by atoms with Gasteiger partial charge in [-0.05, 0) is 65.0 Å². The number of anilines is 1. The van der Waals surface area contributed by atoms with E-state index in [-0.39, 0.29) is 12.8 Å². The molecule has 4 nitrogen and oxygen atoms in total. The standard InChI is InChI=1S/C21H17BClNO3/c1-26-19-10-3-14(4-11-19)21(25)24-18-9-2-15-13-27-22(20(15)12-18)16-5-7-17(23)8-6-16/h2-12H,13H2,1H3,(H,24,25). The van der Waals surface area contributed by atoms with E-state index in [1.807, 2.05) is 42.5 Å². The summed E-state index contributed by atoms with van der Waals surface area (Å²) in [5.41, 5.74) is 4.53. The number of halogens is 1. The van der Waals surface area contributed by atoms with Crippen LogP contribution in [-0.4, -0.2) is 19.9 Å². The minimum atomic E-state index is -0.167. The van der Waals surface area contributed by atoms with Crippen LogP contribution in [0.15, 0.2) is 66.7 Å². The Labute approximate surface area is 163 Å². The highest BCUT2D eigenvalue weighted by molar-refractivity contribution is 6.81. The first-order valence-electron chi connectivity index (χ1n) is 8.59. The predicted octanol–water partition coefficient (Wildman–Crippen LogP) is 3.24. The Kier molecular flexibility index (Phi) is 4.88. The SMILES string of the molecule is COc1ccc(C(=O)Nc2ccc3c(c2)B(c2ccc(Cl)cc2)OC3)cc1. The van der Waals surface area contributed by atoms with E-state index in [9.17, 15) is 4.79 Å². The molecule has 0 aromatic heterocycles. The van der Waals surface area contributed by atoms with Gasteiger partial charge < -0.3 is 14.7 Å². The van der Waals surface area contributed by atoms with Crippen LogP contribution in [-0.2, 0) is 11.3 Å². The number of ether oxygens (including phenoxy) is 1. The fourth-order valence-corrected chi connectivity index (χ4v) is 3.30. The monoisotopic (exact) mass is 377 g/mol. The maximum atomic E-state index is 12.5. The van der Waals surface area contributed by atoms with Crippen LogP contribution in [0.5, 0.6) is 5.75 Å². The number of hydrogen-bond donors (Lipinski definition) is 1. The molecule has 1 N–H and O–H groups in total. The molecular weight excluding hydrogens is 361 g/mol. The largest absolute Gasteiger partial charge is 0.497 e. The third-order valence-electron chi connectivity index (χ3n) is 4.62. The number of methoxy groups -OCH3 is 1. The third kappa shape index (κ3) is 3.70. The molecule has 4 rings (SSSR count). The molecule has 0 saturated carbocycles. The average Bonchev–Trinajstić information content (AvgIpc) is 3.12. The van der Waals surface area contributed by atoms with Gasteiger partial charge in [0.15, 0.2) is 0 Å². The van der Waals surface area contributed by atoms with Crippen molar-refractivity contribution in [1.29, 1.82) is 0 Å². The lowest BCUT2D eigenvalue weighted by molar-refractivity contribution is 0.102. The number of hydrogen-bond acceptors (Lipinski definition) is 3. The van der Waals surface area contributed by atoms with Crippen LogP contribution < -0.4 is 21.0 Å². The van der Waals surface area contributed by atoms with Gasteiger partial charge in [-0.1, -0.05) is 29.8 Å². The lowest BCUT2D eigenvalue weighted by Gasteiger charge is -2.10. The predicted molar refractivity (Wildman–Crippen MR) is 109 cm³/mol. The number of amides is 1. The Hall–Kier alpha value is -2.76. The van der Waals surface area contributed by atoms with Crippen molar-refractivity contribution in [2.24, 2.45) is 0 Å².